The Labute approximate surface area is 146 Å². The summed E-state index contributed by atoms with van der Waals surface area (Å²) in [6.07, 6.45) is 5.17. The lowest BCUT2D eigenvalue weighted by molar-refractivity contribution is 0.0689. The first-order valence-electron chi connectivity index (χ1n) is 8.33. The van der Waals surface area contributed by atoms with Crippen molar-refractivity contribution in [2.45, 2.75) is 18.8 Å². The van der Waals surface area contributed by atoms with E-state index in [1.807, 2.05) is 29.8 Å². The molecule has 5 rings (SSSR count). The topological polar surface area (TPSA) is 105 Å². The lowest BCUT2D eigenvalue weighted by Gasteiger charge is -2.04. The van der Waals surface area contributed by atoms with Crippen LogP contribution in [0.15, 0.2) is 35.5 Å². The highest BCUT2D eigenvalue weighted by Gasteiger charge is 2.34. The number of H-pyrrole nitrogens is 1. The van der Waals surface area contributed by atoms with Crippen LogP contribution in [0.4, 0.5) is 0 Å². The van der Waals surface area contributed by atoms with Gasteiger partial charge in [0.25, 0.3) is 5.56 Å². The van der Waals surface area contributed by atoms with Gasteiger partial charge in [-0.3, -0.25) is 4.79 Å². The number of nitrogens with zero attached hydrogens (tertiary/aromatic N) is 4. The fourth-order valence-corrected chi connectivity index (χ4v) is 3.47. The second-order valence-corrected chi connectivity index (χ2v) is 6.69. The van der Waals surface area contributed by atoms with Crippen LogP contribution in [-0.2, 0) is 7.05 Å². The Balaban J connectivity index is 1.74. The number of fused-ring (bicyclic) bond motifs is 2. The van der Waals surface area contributed by atoms with E-state index in [0.717, 1.165) is 29.4 Å². The van der Waals surface area contributed by atoms with Gasteiger partial charge in [-0.15, -0.1) is 0 Å². The second-order valence-electron chi connectivity index (χ2n) is 6.69. The molecule has 0 amide bonds. The van der Waals surface area contributed by atoms with Crippen molar-refractivity contribution < 1.29 is 9.90 Å². The number of aromatic nitrogens is 5. The number of hydrogen-bond donors (Lipinski definition) is 2. The van der Waals surface area contributed by atoms with Crippen molar-refractivity contribution in [1.82, 2.24) is 24.1 Å². The highest BCUT2D eigenvalue weighted by molar-refractivity contribution is 5.90. The number of aromatic amines is 1. The molecule has 1 aliphatic carbocycles. The Morgan fingerprint density at radius 3 is 2.88 bits per heavy atom. The summed E-state index contributed by atoms with van der Waals surface area (Å²) in [5.41, 5.74) is 3.67. The molecule has 8 nitrogen and oxygen atoms in total. The minimum absolute atomic E-state index is 0.0321. The van der Waals surface area contributed by atoms with Crippen LogP contribution in [0.2, 0.25) is 0 Å². The molecule has 1 aliphatic rings. The molecule has 0 spiro atoms. The molecule has 0 unspecified atom stereocenters. The van der Waals surface area contributed by atoms with Crippen molar-refractivity contribution in [3.05, 3.63) is 52.3 Å². The quantitative estimate of drug-likeness (QED) is 0.589. The molecule has 0 aliphatic heterocycles. The van der Waals surface area contributed by atoms with Crippen molar-refractivity contribution >= 4 is 22.5 Å². The van der Waals surface area contributed by atoms with Crippen molar-refractivity contribution in [3.8, 4) is 11.3 Å². The number of carboxylic acid groups (broad SMARTS) is 1. The summed E-state index contributed by atoms with van der Waals surface area (Å²) in [6, 6.07) is 5.71. The van der Waals surface area contributed by atoms with Gasteiger partial charge in [-0.25, -0.2) is 14.3 Å². The van der Waals surface area contributed by atoms with Crippen molar-refractivity contribution in [2.75, 3.05) is 0 Å². The highest BCUT2D eigenvalue weighted by atomic mass is 16.4. The van der Waals surface area contributed by atoms with Crippen LogP contribution < -0.4 is 5.56 Å². The van der Waals surface area contributed by atoms with Crippen LogP contribution in [-0.4, -0.2) is 35.2 Å². The zero-order valence-electron chi connectivity index (χ0n) is 13.9. The van der Waals surface area contributed by atoms with Crippen LogP contribution in [0.5, 0.6) is 0 Å². The third kappa shape index (κ3) is 2.08. The lowest BCUT2D eigenvalue weighted by Crippen LogP contribution is -2.12. The first-order valence-corrected chi connectivity index (χ1v) is 8.33. The largest absolute Gasteiger partial charge is 0.476 e. The number of rotatable bonds is 3. The molecule has 2 N–H and O–H groups in total. The van der Waals surface area contributed by atoms with Gasteiger partial charge in [0.2, 0.25) is 0 Å². The number of carboxylic acids is 1. The fourth-order valence-electron chi connectivity index (χ4n) is 3.47. The molecule has 0 bridgehead atoms. The lowest BCUT2D eigenvalue weighted by atomic mass is 10.1. The molecule has 1 fully saturated rings. The number of carbonyl (C=O) groups is 1. The SMILES string of the molecule is Cn1cnc2cc(-c3cn4nc(C(=O)O)c(C5CC5)c4c(=O)[nH]3)ccc21. The standard InChI is InChI=1S/C18H15N5O3/c1-22-8-19-11-6-10(4-5-13(11)22)12-7-23-16(17(24)20-12)14(9-2-3-9)15(21-23)18(25)26/h4-9H,2-3H2,1H3,(H,20,24)(H,25,26). The summed E-state index contributed by atoms with van der Waals surface area (Å²) in [4.78, 5) is 31.4. The van der Waals surface area contributed by atoms with Crippen molar-refractivity contribution in [2.24, 2.45) is 7.05 Å². The van der Waals surface area contributed by atoms with E-state index >= 15 is 0 Å². The van der Waals surface area contributed by atoms with Gasteiger partial charge in [0.15, 0.2) is 5.69 Å². The summed E-state index contributed by atoms with van der Waals surface area (Å²) in [7, 11) is 1.92. The van der Waals surface area contributed by atoms with Gasteiger partial charge in [0.1, 0.15) is 5.52 Å². The molecule has 4 aromatic rings. The van der Waals surface area contributed by atoms with E-state index in [9.17, 15) is 14.7 Å². The van der Waals surface area contributed by atoms with E-state index in [2.05, 4.69) is 15.1 Å². The first kappa shape index (κ1) is 14.9. The third-order valence-corrected chi connectivity index (χ3v) is 4.89. The zero-order chi connectivity index (χ0) is 18.0. The molecular formula is C18H15N5O3. The number of aryl methyl sites for hydroxylation is 1. The third-order valence-electron chi connectivity index (χ3n) is 4.89. The molecule has 8 heteroatoms. The van der Waals surface area contributed by atoms with E-state index < -0.39 is 5.97 Å². The smallest absolute Gasteiger partial charge is 0.356 e. The second kappa shape index (κ2) is 5.04. The van der Waals surface area contributed by atoms with Gasteiger partial charge in [0, 0.05) is 18.2 Å². The van der Waals surface area contributed by atoms with Crippen LogP contribution >= 0.6 is 0 Å². The summed E-state index contributed by atoms with van der Waals surface area (Å²) < 4.78 is 3.31. The van der Waals surface area contributed by atoms with E-state index in [1.165, 1.54) is 4.52 Å². The van der Waals surface area contributed by atoms with Gasteiger partial charge in [-0.05, 0) is 30.9 Å². The van der Waals surface area contributed by atoms with Gasteiger partial charge >= 0.3 is 5.97 Å². The molecule has 130 valence electrons. The average Bonchev–Trinajstić information content (AvgIpc) is 3.28. The Morgan fingerprint density at radius 1 is 1.35 bits per heavy atom. The number of benzene rings is 1. The molecule has 3 heterocycles. The monoisotopic (exact) mass is 349 g/mol. The van der Waals surface area contributed by atoms with Crippen LogP contribution in [0.3, 0.4) is 0 Å². The molecule has 0 saturated heterocycles. The summed E-state index contributed by atoms with van der Waals surface area (Å²) in [5.74, 6) is -0.998. The average molecular weight is 349 g/mol. The molecule has 1 aromatic carbocycles. The van der Waals surface area contributed by atoms with Crippen LogP contribution in [0, 0.1) is 0 Å². The molecular weight excluding hydrogens is 334 g/mol. The number of hydrogen-bond acceptors (Lipinski definition) is 4. The van der Waals surface area contributed by atoms with Gasteiger partial charge in [0.05, 0.1) is 29.3 Å². The number of aromatic carboxylic acids is 1. The maximum absolute atomic E-state index is 12.7. The Kier molecular flexibility index (Phi) is 2.89. The minimum atomic E-state index is -1.11. The Bertz CT molecular complexity index is 1260. The van der Waals surface area contributed by atoms with Crippen LogP contribution in [0.25, 0.3) is 27.8 Å². The highest BCUT2D eigenvalue weighted by Crippen LogP contribution is 2.43. The van der Waals surface area contributed by atoms with E-state index in [0.29, 0.717) is 16.8 Å². The predicted octanol–water partition coefficient (Wildman–Crippen LogP) is 2.15. The molecule has 3 aromatic heterocycles. The van der Waals surface area contributed by atoms with E-state index in [-0.39, 0.29) is 17.2 Å². The van der Waals surface area contributed by atoms with Crippen molar-refractivity contribution in [3.63, 3.8) is 0 Å². The number of imidazole rings is 1. The Hall–Kier alpha value is -3.42. The fraction of sp³-hybridized carbons (Fsp3) is 0.222. The van der Waals surface area contributed by atoms with Crippen molar-refractivity contribution in [1.29, 1.82) is 0 Å². The maximum atomic E-state index is 12.7. The predicted molar refractivity (Wildman–Crippen MR) is 94.5 cm³/mol. The molecule has 0 atom stereocenters. The molecule has 1 saturated carbocycles. The molecule has 0 radical (unpaired) electrons. The Morgan fingerprint density at radius 2 is 2.15 bits per heavy atom. The minimum Gasteiger partial charge on any atom is -0.476 e. The van der Waals surface area contributed by atoms with E-state index in [4.69, 9.17) is 0 Å². The summed E-state index contributed by atoms with van der Waals surface area (Å²) >= 11 is 0. The number of nitrogens with one attached hydrogen (secondary N) is 1. The van der Waals surface area contributed by atoms with Gasteiger partial charge in [-0.2, -0.15) is 5.10 Å². The zero-order valence-corrected chi connectivity index (χ0v) is 13.9. The summed E-state index contributed by atoms with van der Waals surface area (Å²) in [5, 5.41) is 13.6. The van der Waals surface area contributed by atoms with Gasteiger partial charge < -0.3 is 14.7 Å². The summed E-state index contributed by atoms with van der Waals surface area (Å²) in [6.45, 7) is 0. The van der Waals surface area contributed by atoms with Gasteiger partial charge in [-0.1, -0.05) is 6.07 Å². The maximum Gasteiger partial charge on any atom is 0.356 e. The normalized spacial score (nSPS) is 14.3. The first-order chi connectivity index (χ1) is 12.5. The molecule has 26 heavy (non-hydrogen) atoms. The van der Waals surface area contributed by atoms with E-state index in [1.54, 1.807) is 12.5 Å². The van der Waals surface area contributed by atoms with Crippen LogP contribution in [0.1, 0.15) is 34.8 Å².